The minimum Gasteiger partial charge on any atom is -0.377 e. The summed E-state index contributed by atoms with van der Waals surface area (Å²) >= 11 is 0. The van der Waals surface area contributed by atoms with Crippen molar-refractivity contribution in [2.45, 2.75) is 77.4 Å². The molecule has 0 aromatic heterocycles. The number of nitrogens with one attached hydrogen (secondary N) is 1. The summed E-state index contributed by atoms with van der Waals surface area (Å²) in [5.41, 5.74) is 0. The predicted octanol–water partition coefficient (Wildman–Crippen LogP) is 3.75. The SMILES string of the molecule is C#CCCCC(NCC)C(OCC)C1CCCCC1. The third kappa shape index (κ3) is 5.97. The predicted molar refractivity (Wildman–Crippen MR) is 82.1 cm³/mol. The van der Waals surface area contributed by atoms with Gasteiger partial charge in [-0.3, -0.25) is 0 Å². The fourth-order valence-corrected chi connectivity index (χ4v) is 3.30. The second-order valence-corrected chi connectivity index (χ2v) is 5.58. The van der Waals surface area contributed by atoms with Gasteiger partial charge in [0.2, 0.25) is 0 Å². The van der Waals surface area contributed by atoms with E-state index in [1.54, 1.807) is 0 Å². The van der Waals surface area contributed by atoms with E-state index in [4.69, 9.17) is 11.2 Å². The summed E-state index contributed by atoms with van der Waals surface area (Å²) in [6.07, 6.45) is 15.7. The number of rotatable bonds is 9. The van der Waals surface area contributed by atoms with E-state index in [2.05, 4.69) is 25.1 Å². The molecular weight excluding hydrogens is 234 g/mol. The Kier molecular flexibility index (Phi) is 8.95. The van der Waals surface area contributed by atoms with Crippen LogP contribution < -0.4 is 5.32 Å². The van der Waals surface area contributed by atoms with Crippen molar-refractivity contribution in [3.63, 3.8) is 0 Å². The zero-order valence-corrected chi connectivity index (χ0v) is 12.8. The third-order valence-corrected chi connectivity index (χ3v) is 4.17. The number of ether oxygens (including phenoxy) is 1. The highest BCUT2D eigenvalue weighted by Crippen LogP contribution is 2.30. The first-order valence-electron chi connectivity index (χ1n) is 8.11. The molecule has 0 aromatic carbocycles. The molecule has 1 rings (SSSR count). The summed E-state index contributed by atoms with van der Waals surface area (Å²) in [5, 5.41) is 3.63. The van der Waals surface area contributed by atoms with E-state index in [-0.39, 0.29) is 0 Å². The molecule has 2 unspecified atom stereocenters. The second-order valence-electron chi connectivity index (χ2n) is 5.58. The number of hydrogen-bond donors (Lipinski definition) is 1. The lowest BCUT2D eigenvalue weighted by atomic mass is 9.81. The van der Waals surface area contributed by atoms with Crippen molar-refractivity contribution in [3.8, 4) is 12.3 Å². The molecule has 2 nitrogen and oxygen atoms in total. The summed E-state index contributed by atoms with van der Waals surface area (Å²) < 4.78 is 6.11. The molecule has 0 spiro atoms. The van der Waals surface area contributed by atoms with Crippen molar-refractivity contribution in [1.29, 1.82) is 0 Å². The zero-order valence-electron chi connectivity index (χ0n) is 12.8. The van der Waals surface area contributed by atoms with Gasteiger partial charge in [0.15, 0.2) is 0 Å². The van der Waals surface area contributed by atoms with E-state index in [1.165, 1.54) is 32.1 Å². The van der Waals surface area contributed by atoms with Crippen LogP contribution in [0.5, 0.6) is 0 Å². The molecule has 0 saturated heterocycles. The van der Waals surface area contributed by atoms with Crippen LogP contribution in [0.1, 0.15) is 65.2 Å². The molecule has 2 atom stereocenters. The smallest absolute Gasteiger partial charge is 0.0755 e. The van der Waals surface area contributed by atoms with E-state index >= 15 is 0 Å². The number of terminal acetylenes is 1. The molecule has 0 amide bonds. The molecule has 0 aliphatic heterocycles. The molecule has 0 heterocycles. The molecule has 1 N–H and O–H groups in total. The van der Waals surface area contributed by atoms with Crippen LogP contribution in [0.15, 0.2) is 0 Å². The van der Waals surface area contributed by atoms with Gasteiger partial charge in [0.25, 0.3) is 0 Å². The van der Waals surface area contributed by atoms with Crippen LogP contribution in [0.3, 0.4) is 0 Å². The lowest BCUT2D eigenvalue weighted by Crippen LogP contribution is -2.46. The van der Waals surface area contributed by atoms with Gasteiger partial charge >= 0.3 is 0 Å². The Hall–Kier alpha value is -0.520. The van der Waals surface area contributed by atoms with Gasteiger partial charge in [0, 0.05) is 19.1 Å². The number of likely N-dealkylation sites (N-methyl/N-ethyl adjacent to an activating group) is 1. The first-order valence-corrected chi connectivity index (χ1v) is 8.11. The Labute approximate surface area is 119 Å². The summed E-state index contributed by atoms with van der Waals surface area (Å²) in [7, 11) is 0. The van der Waals surface area contributed by atoms with Crippen molar-refractivity contribution in [2.24, 2.45) is 5.92 Å². The lowest BCUT2D eigenvalue weighted by Gasteiger charge is -2.36. The van der Waals surface area contributed by atoms with Crippen LogP contribution in [0.4, 0.5) is 0 Å². The summed E-state index contributed by atoms with van der Waals surface area (Å²) in [4.78, 5) is 0. The minimum absolute atomic E-state index is 0.378. The fraction of sp³-hybridized carbons (Fsp3) is 0.882. The standard InChI is InChI=1S/C17H31NO/c1-4-7-9-14-16(18-5-2)17(19-6-3)15-12-10-8-11-13-15/h1,15-18H,5-14H2,2-3H3. The van der Waals surface area contributed by atoms with Gasteiger partial charge in [-0.1, -0.05) is 26.2 Å². The van der Waals surface area contributed by atoms with Crippen molar-refractivity contribution in [3.05, 3.63) is 0 Å². The van der Waals surface area contributed by atoms with Gasteiger partial charge in [0.05, 0.1) is 6.10 Å². The quantitative estimate of drug-likeness (QED) is 0.506. The van der Waals surface area contributed by atoms with Crippen LogP contribution in [0.2, 0.25) is 0 Å². The highest BCUT2D eigenvalue weighted by molar-refractivity contribution is 4.88. The maximum atomic E-state index is 6.11. The van der Waals surface area contributed by atoms with Gasteiger partial charge in [-0.15, -0.1) is 12.3 Å². The topological polar surface area (TPSA) is 21.3 Å². The monoisotopic (exact) mass is 265 g/mol. The van der Waals surface area contributed by atoms with Crippen molar-refractivity contribution >= 4 is 0 Å². The first kappa shape index (κ1) is 16.5. The largest absolute Gasteiger partial charge is 0.377 e. The maximum absolute atomic E-state index is 6.11. The highest BCUT2D eigenvalue weighted by atomic mass is 16.5. The van der Waals surface area contributed by atoms with Crippen molar-refractivity contribution in [2.75, 3.05) is 13.2 Å². The van der Waals surface area contributed by atoms with Crippen LogP contribution in [-0.2, 0) is 4.74 Å². The molecular formula is C17H31NO. The van der Waals surface area contributed by atoms with Crippen LogP contribution >= 0.6 is 0 Å². The van der Waals surface area contributed by atoms with E-state index < -0.39 is 0 Å². The lowest BCUT2D eigenvalue weighted by molar-refractivity contribution is -0.0193. The third-order valence-electron chi connectivity index (χ3n) is 4.17. The Morgan fingerprint density at radius 1 is 1.26 bits per heavy atom. The fourth-order valence-electron chi connectivity index (χ4n) is 3.30. The van der Waals surface area contributed by atoms with E-state index in [0.29, 0.717) is 12.1 Å². The normalized spacial score (nSPS) is 19.8. The summed E-state index contributed by atoms with van der Waals surface area (Å²) in [5.74, 6) is 3.49. The average Bonchev–Trinajstić information content (AvgIpc) is 2.45. The summed E-state index contributed by atoms with van der Waals surface area (Å²) in [6.45, 7) is 6.12. The Bertz CT molecular complexity index is 252. The average molecular weight is 265 g/mol. The zero-order chi connectivity index (χ0) is 13.9. The first-order chi connectivity index (χ1) is 9.33. The minimum atomic E-state index is 0.378. The van der Waals surface area contributed by atoms with E-state index in [0.717, 1.165) is 38.3 Å². The molecule has 1 aliphatic carbocycles. The Balaban J connectivity index is 2.58. The van der Waals surface area contributed by atoms with E-state index in [9.17, 15) is 0 Å². The van der Waals surface area contributed by atoms with Crippen LogP contribution in [0.25, 0.3) is 0 Å². The molecule has 0 aromatic rings. The van der Waals surface area contributed by atoms with Crippen molar-refractivity contribution < 1.29 is 4.74 Å². The van der Waals surface area contributed by atoms with Gasteiger partial charge in [0.1, 0.15) is 0 Å². The number of hydrogen-bond acceptors (Lipinski definition) is 2. The van der Waals surface area contributed by atoms with Crippen LogP contribution in [0, 0.1) is 18.3 Å². The molecule has 19 heavy (non-hydrogen) atoms. The molecule has 0 bridgehead atoms. The van der Waals surface area contributed by atoms with Gasteiger partial charge < -0.3 is 10.1 Å². The molecule has 1 fully saturated rings. The molecule has 1 saturated carbocycles. The van der Waals surface area contributed by atoms with E-state index in [1.807, 2.05) is 0 Å². The molecule has 110 valence electrons. The van der Waals surface area contributed by atoms with Gasteiger partial charge in [-0.2, -0.15) is 0 Å². The molecule has 2 heteroatoms. The van der Waals surface area contributed by atoms with Gasteiger partial charge in [-0.05, 0) is 45.1 Å². The van der Waals surface area contributed by atoms with Crippen LogP contribution in [-0.4, -0.2) is 25.3 Å². The second kappa shape index (κ2) is 10.3. The van der Waals surface area contributed by atoms with Gasteiger partial charge in [-0.25, -0.2) is 0 Å². The molecule has 0 radical (unpaired) electrons. The Morgan fingerprint density at radius 3 is 2.58 bits per heavy atom. The Morgan fingerprint density at radius 2 is 2.00 bits per heavy atom. The molecule has 1 aliphatic rings. The maximum Gasteiger partial charge on any atom is 0.0755 e. The number of unbranched alkanes of at least 4 members (excludes halogenated alkanes) is 1. The highest BCUT2D eigenvalue weighted by Gasteiger charge is 2.30. The summed E-state index contributed by atoms with van der Waals surface area (Å²) in [6, 6.07) is 0.474. The van der Waals surface area contributed by atoms with Crippen molar-refractivity contribution in [1.82, 2.24) is 5.32 Å².